The maximum absolute atomic E-state index is 11.4. The van der Waals surface area contributed by atoms with Crippen LogP contribution in [0.1, 0.15) is 41.5 Å². The summed E-state index contributed by atoms with van der Waals surface area (Å²) >= 11 is 0. The molecular weight excluding hydrogens is 262 g/mol. The molecule has 0 unspecified atom stereocenters. The highest BCUT2D eigenvalue weighted by molar-refractivity contribution is 5.75. The summed E-state index contributed by atoms with van der Waals surface area (Å²) in [6.07, 6.45) is 2.60. The SMILES string of the molecule is O=C(O)[C@@H](NCc1ccc(C2CC2)cc1)c1ccccc1. The molecule has 0 heterocycles. The Kier molecular flexibility index (Phi) is 4.02. The van der Waals surface area contributed by atoms with Crippen molar-refractivity contribution in [2.45, 2.75) is 31.3 Å². The van der Waals surface area contributed by atoms with E-state index in [1.807, 2.05) is 30.3 Å². The summed E-state index contributed by atoms with van der Waals surface area (Å²) in [5.41, 5.74) is 3.29. The Bertz CT molecular complexity index is 603. The minimum Gasteiger partial charge on any atom is -0.480 e. The third kappa shape index (κ3) is 3.50. The molecule has 0 radical (unpaired) electrons. The van der Waals surface area contributed by atoms with E-state index < -0.39 is 12.0 Å². The number of carbonyl (C=O) groups is 1. The van der Waals surface area contributed by atoms with Gasteiger partial charge in [0, 0.05) is 6.54 Å². The Morgan fingerprint density at radius 3 is 2.33 bits per heavy atom. The number of hydrogen-bond donors (Lipinski definition) is 2. The molecule has 0 aromatic heterocycles. The number of nitrogens with one attached hydrogen (secondary N) is 1. The second-order valence-corrected chi connectivity index (χ2v) is 5.58. The van der Waals surface area contributed by atoms with Gasteiger partial charge in [-0.15, -0.1) is 0 Å². The second kappa shape index (κ2) is 6.10. The summed E-state index contributed by atoms with van der Waals surface area (Å²) in [5, 5.41) is 12.5. The van der Waals surface area contributed by atoms with Crippen molar-refractivity contribution >= 4 is 5.97 Å². The van der Waals surface area contributed by atoms with Gasteiger partial charge in [0.15, 0.2) is 0 Å². The van der Waals surface area contributed by atoms with Gasteiger partial charge < -0.3 is 5.11 Å². The third-order valence-corrected chi connectivity index (χ3v) is 3.92. The summed E-state index contributed by atoms with van der Waals surface area (Å²) < 4.78 is 0. The van der Waals surface area contributed by atoms with Crippen LogP contribution in [0.5, 0.6) is 0 Å². The maximum Gasteiger partial charge on any atom is 0.325 e. The zero-order valence-electron chi connectivity index (χ0n) is 11.8. The van der Waals surface area contributed by atoms with Crippen molar-refractivity contribution in [2.24, 2.45) is 0 Å². The van der Waals surface area contributed by atoms with Crippen LogP contribution in [-0.4, -0.2) is 11.1 Å². The molecule has 3 heteroatoms. The summed E-state index contributed by atoms with van der Waals surface area (Å²) in [6, 6.07) is 17.1. The molecule has 0 aliphatic heterocycles. The fourth-order valence-corrected chi connectivity index (χ4v) is 2.54. The average Bonchev–Trinajstić information content (AvgIpc) is 3.34. The van der Waals surface area contributed by atoms with Crippen molar-refractivity contribution in [3.05, 3.63) is 71.3 Å². The van der Waals surface area contributed by atoms with Crippen molar-refractivity contribution in [2.75, 3.05) is 0 Å². The van der Waals surface area contributed by atoms with E-state index in [1.54, 1.807) is 0 Å². The van der Waals surface area contributed by atoms with Gasteiger partial charge in [-0.1, -0.05) is 54.6 Å². The van der Waals surface area contributed by atoms with E-state index in [0.717, 1.165) is 17.0 Å². The van der Waals surface area contributed by atoms with Crippen LogP contribution in [0.25, 0.3) is 0 Å². The highest BCUT2D eigenvalue weighted by atomic mass is 16.4. The highest BCUT2D eigenvalue weighted by Gasteiger charge is 2.23. The predicted octanol–water partition coefficient (Wildman–Crippen LogP) is 3.48. The van der Waals surface area contributed by atoms with Gasteiger partial charge in [0.2, 0.25) is 0 Å². The van der Waals surface area contributed by atoms with E-state index in [2.05, 4.69) is 29.6 Å². The van der Waals surface area contributed by atoms with Gasteiger partial charge in [-0.3, -0.25) is 10.1 Å². The van der Waals surface area contributed by atoms with E-state index in [9.17, 15) is 9.90 Å². The van der Waals surface area contributed by atoms with Crippen LogP contribution in [-0.2, 0) is 11.3 Å². The fourth-order valence-electron chi connectivity index (χ4n) is 2.54. The van der Waals surface area contributed by atoms with Crippen molar-refractivity contribution in [1.82, 2.24) is 5.32 Å². The molecule has 0 saturated heterocycles. The lowest BCUT2D eigenvalue weighted by Crippen LogP contribution is -2.28. The molecule has 108 valence electrons. The number of rotatable bonds is 6. The first-order valence-electron chi connectivity index (χ1n) is 7.34. The Morgan fingerprint density at radius 1 is 1.10 bits per heavy atom. The zero-order chi connectivity index (χ0) is 14.7. The minimum absolute atomic E-state index is 0.552. The Hall–Kier alpha value is -2.13. The molecule has 1 aliphatic rings. The van der Waals surface area contributed by atoms with E-state index in [4.69, 9.17) is 0 Å². The number of benzene rings is 2. The molecule has 1 atom stereocenters. The van der Waals surface area contributed by atoms with Gasteiger partial charge in [0.05, 0.1) is 0 Å². The molecule has 1 fully saturated rings. The normalized spacial score (nSPS) is 15.6. The summed E-state index contributed by atoms with van der Waals surface area (Å²) in [6.45, 7) is 0.552. The molecule has 3 rings (SSSR count). The van der Waals surface area contributed by atoms with Gasteiger partial charge in [0.25, 0.3) is 0 Å². The first-order chi connectivity index (χ1) is 10.2. The van der Waals surface area contributed by atoms with Crippen molar-refractivity contribution < 1.29 is 9.90 Å². The Morgan fingerprint density at radius 2 is 1.76 bits per heavy atom. The topological polar surface area (TPSA) is 49.3 Å². The average molecular weight is 281 g/mol. The second-order valence-electron chi connectivity index (χ2n) is 5.58. The Balaban J connectivity index is 1.65. The third-order valence-electron chi connectivity index (χ3n) is 3.92. The smallest absolute Gasteiger partial charge is 0.325 e. The van der Waals surface area contributed by atoms with Crippen LogP contribution in [0.3, 0.4) is 0 Å². The zero-order valence-corrected chi connectivity index (χ0v) is 11.8. The van der Waals surface area contributed by atoms with Crippen LogP contribution in [0.15, 0.2) is 54.6 Å². The molecule has 0 amide bonds. The van der Waals surface area contributed by atoms with Crippen LogP contribution in [0, 0.1) is 0 Å². The van der Waals surface area contributed by atoms with E-state index in [1.165, 1.54) is 18.4 Å². The number of hydrogen-bond acceptors (Lipinski definition) is 2. The van der Waals surface area contributed by atoms with Gasteiger partial charge in [-0.25, -0.2) is 0 Å². The van der Waals surface area contributed by atoms with Gasteiger partial charge in [-0.2, -0.15) is 0 Å². The summed E-state index contributed by atoms with van der Waals surface area (Å²) in [7, 11) is 0. The quantitative estimate of drug-likeness (QED) is 0.852. The number of carboxylic acid groups (broad SMARTS) is 1. The molecule has 2 aromatic carbocycles. The fraction of sp³-hybridized carbons (Fsp3) is 0.278. The molecule has 0 bridgehead atoms. The predicted molar refractivity (Wildman–Crippen MR) is 82.1 cm³/mol. The first kappa shape index (κ1) is 13.8. The lowest BCUT2D eigenvalue weighted by atomic mass is 10.1. The Labute approximate surface area is 124 Å². The lowest BCUT2D eigenvalue weighted by molar-refractivity contribution is -0.139. The van der Waals surface area contributed by atoms with E-state index in [-0.39, 0.29) is 0 Å². The summed E-state index contributed by atoms with van der Waals surface area (Å²) in [5.74, 6) is -0.0982. The molecule has 0 spiro atoms. The van der Waals surface area contributed by atoms with Gasteiger partial charge in [0.1, 0.15) is 6.04 Å². The van der Waals surface area contributed by atoms with Crippen LogP contribution in [0.4, 0.5) is 0 Å². The summed E-state index contributed by atoms with van der Waals surface area (Å²) in [4.78, 5) is 11.4. The standard InChI is InChI=1S/C18H19NO2/c20-18(21)17(16-4-2-1-3-5-16)19-12-13-6-8-14(9-7-13)15-10-11-15/h1-9,15,17,19H,10-12H2,(H,20,21)/t17-/m0/s1. The van der Waals surface area contributed by atoms with Crippen LogP contribution in [0.2, 0.25) is 0 Å². The molecule has 2 N–H and O–H groups in total. The van der Waals surface area contributed by atoms with Crippen molar-refractivity contribution in [1.29, 1.82) is 0 Å². The van der Waals surface area contributed by atoms with Crippen molar-refractivity contribution in [3.63, 3.8) is 0 Å². The van der Waals surface area contributed by atoms with Gasteiger partial charge in [-0.05, 0) is 35.4 Å². The first-order valence-corrected chi connectivity index (χ1v) is 7.34. The van der Waals surface area contributed by atoms with Crippen LogP contribution >= 0.6 is 0 Å². The number of carboxylic acids is 1. The monoisotopic (exact) mass is 281 g/mol. The molecule has 3 nitrogen and oxygen atoms in total. The number of aliphatic carboxylic acids is 1. The minimum atomic E-state index is -0.851. The van der Waals surface area contributed by atoms with Crippen LogP contribution < -0.4 is 5.32 Å². The van der Waals surface area contributed by atoms with E-state index >= 15 is 0 Å². The molecular formula is C18H19NO2. The van der Waals surface area contributed by atoms with Crippen molar-refractivity contribution in [3.8, 4) is 0 Å². The highest BCUT2D eigenvalue weighted by Crippen LogP contribution is 2.39. The molecule has 1 saturated carbocycles. The molecule has 2 aromatic rings. The lowest BCUT2D eigenvalue weighted by Gasteiger charge is -2.15. The maximum atomic E-state index is 11.4. The largest absolute Gasteiger partial charge is 0.480 e. The molecule has 1 aliphatic carbocycles. The van der Waals surface area contributed by atoms with E-state index in [0.29, 0.717) is 6.54 Å². The molecule has 21 heavy (non-hydrogen) atoms. The van der Waals surface area contributed by atoms with Gasteiger partial charge >= 0.3 is 5.97 Å².